The van der Waals surface area contributed by atoms with Gasteiger partial charge >= 0.3 is 0 Å². The number of carbonyl (C=O) groups excluding carboxylic acids is 1. The molecule has 0 aliphatic heterocycles. The van der Waals surface area contributed by atoms with E-state index in [1.165, 1.54) is 0 Å². The number of hydrogen-bond donors (Lipinski definition) is 1. The van der Waals surface area contributed by atoms with E-state index in [0.717, 1.165) is 22.7 Å². The lowest BCUT2D eigenvalue weighted by Gasteiger charge is -2.10. The van der Waals surface area contributed by atoms with Crippen LogP contribution < -0.4 is 10.1 Å². The molecule has 5 rings (SSSR count). The van der Waals surface area contributed by atoms with Gasteiger partial charge in [-0.1, -0.05) is 42.5 Å². The predicted molar refractivity (Wildman–Crippen MR) is 122 cm³/mol. The molecule has 0 atom stereocenters. The van der Waals surface area contributed by atoms with Crippen LogP contribution in [0, 0.1) is 0 Å². The zero-order valence-electron chi connectivity index (χ0n) is 16.6. The highest BCUT2D eigenvalue weighted by Gasteiger charge is 2.13. The number of ether oxygens (including phenoxy) is 1. The number of para-hydroxylation sites is 2. The van der Waals surface area contributed by atoms with Crippen LogP contribution in [-0.2, 0) is 0 Å². The maximum Gasteiger partial charge on any atom is 0.255 e. The Hall–Kier alpha value is -4.38. The van der Waals surface area contributed by atoms with Crippen molar-refractivity contribution < 1.29 is 9.53 Å². The summed E-state index contributed by atoms with van der Waals surface area (Å²) in [6, 6.07) is 30.1. The van der Waals surface area contributed by atoms with Crippen LogP contribution >= 0.6 is 0 Å². The molecule has 31 heavy (non-hydrogen) atoms. The van der Waals surface area contributed by atoms with Gasteiger partial charge < -0.3 is 14.5 Å². The molecule has 1 amide bonds. The molecule has 2 aromatic heterocycles. The lowest BCUT2D eigenvalue weighted by atomic mass is 10.1. The van der Waals surface area contributed by atoms with Crippen LogP contribution in [0.5, 0.6) is 11.5 Å². The zero-order chi connectivity index (χ0) is 21.0. The van der Waals surface area contributed by atoms with Gasteiger partial charge in [0.05, 0.1) is 11.4 Å². The Bertz CT molecular complexity index is 1310. The molecule has 2 heterocycles. The number of aromatic nitrogens is 2. The molecule has 0 saturated heterocycles. The molecule has 0 aliphatic carbocycles. The van der Waals surface area contributed by atoms with Crippen LogP contribution in [0.2, 0.25) is 0 Å². The van der Waals surface area contributed by atoms with Crippen LogP contribution in [-0.4, -0.2) is 15.3 Å². The molecular formula is C26H19N3O2. The molecule has 0 radical (unpaired) electrons. The number of pyridine rings is 1. The Morgan fingerprint density at radius 3 is 2.29 bits per heavy atom. The maximum absolute atomic E-state index is 12.9. The number of anilines is 1. The van der Waals surface area contributed by atoms with Crippen LogP contribution in [0.3, 0.4) is 0 Å². The van der Waals surface area contributed by atoms with E-state index in [9.17, 15) is 4.79 Å². The van der Waals surface area contributed by atoms with Crippen molar-refractivity contribution in [1.82, 2.24) is 9.38 Å². The van der Waals surface area contributed by atoms with Crippen molar-refractivity contribution in [2.75, 3.05) is 5.32 Å². The highest BCUT2D eigenvalue weighted by molar-refractivity contribution is 6.06. The van der Waals surface area contributed by atoms with E-state index in [1.54, 1.807) is 24.3 Å². The highest BCUT2D eigenvalue weighted by Crippen LogP contribution is 2.28. The molecule has 0 fully saturated rings. The summed E-state index contributed by atoms with van der Waals surface area (Å²) in [4.78, 5) is 17.5. The topological polar surface area (TPSA) is 55.6 Å². The first kappa shape index (κ1) is 18.6. The van der Waals surface area contributed by atoms with Crippen molar-refractivity contribution in [2.45, 2.75) is 0 Å². The normalized spacial score (nSPS) is 10.7. The molecule has 5 nitrogen and oxygen atoms in total. The minimum absolute atomic E-state index is 0.192. The molecule has 3 aromatic carbocycles. The van der Waals surface area contributed by atoms with Gasteiger partial charge in [0.25, 0.3) is 5.91 Å². The molecule has 0 saturated carbocycles. The fourth-order valence-electron chi connectivity index (χ4n) is 3.37. The van der Waals surface area contributed by atoms with Gasteiger partial charge in [0.2, 0.25) is 0 Å². The molecule has 0 unspecified atom stereocenters. The molecular weight excluding hydrogens is 386 g/mol. The van der Waals surface area contributed by atoms with Gasteiger partial charge in [-0.25, -0.2) is 4.98 Å². The van der Waals surface area contributed by atoms with Crippen molar-refractivity contribution in [1.29, 1.82) is 0 Å². The Balaban J connectivity index is 1.36. The number of carbonyl (C=O) groups is 1. The van der Waals surface area contributed by atoms with Crippen molar-refractivity contribution in [3.8, 4) is 22.8 Å². The summed E-state index contributed by atoms with van der Waals surface area (Å²) in [6.07, 6.45) is 3.90. The second-order valence-electron chi connectivity index (χ2n) is 7.03. The number of benzene rings is 3. The summed E-state index contributed by atoms with van der Waals surface area (Å²) in [5.41, 5.74) is 3.77. The second-order valence-corrected chi connectivity index (χ2v) is 7.03. The van der Waals surface area contributed by atoms with Gasteiger partial charge in [0.15, 0.2) is 0 Å². The molecule has 0 spiro atoms. The Kier molecular flexibility index (Phi) is 4.91. The van der Waals surface area contributed by atoms with E-state index in [-0.39, 0.29) is 5.91 Å². The first-order valence-corrected chi connectivity index (χ1v) is 9.94. The number of imidazole rings is 1. The molecule has 5 heteroatoms. The van der Waals surface area contributed by atoms with Gasteiger partial charge in [-0.05, 0) is 54.6 Å². The van der Waals surface area contributed by atoms with Crippen molar-refractivity contribution in [3.05, 3.63) is 115 Å². The molecule has 5 aromatic rings. The highest BCUT2D eigenvalue weighted by atomic mass is 16.5. The summed E-state index contributed by atoms with van der Waals surface area (Å²) in [6.45, 7) is 0. The first-order chi connectivity index (χ1) is 15.3. The van der Waals surface area contributed by atoms with E-state index in [0.29, 0.717) is 17.0 Å². The smallest absolute Gasteiger partial charge is 0.255 e. The van der Waals surface area contributed by atoms with Crippen LogP contribution in [0.4, 0.5) is 5.69 Å². The fourth-order valence-corrected chi connectivity index (χ4v) is 3.37. The Morgan fingerprint density at radius 1 is 0.774 bits per heavy atom. The number of rotatable bonds is 5. The van der Waals surface area contributed by atoms with Crippen LogP contribution in [0.1, 0.15) is 10.4 Å². The number of fused-ring (bicyclic) bond motifs is 1. The van der Waals surface area contributed by atoms with E-state index in [2.05, 4.69) is 10.3 Å². The summed E-state index contributed by atoms with van der Waals surface area (Å²) in [5.74, 6) is 1.23. The van der Waals surface area contributed by atoms with E-state index in [4.69, 9.17) is 4.74 Å². The Labute approximate surface area is 179 Å². The summed E-state index contributed by atoms with van der Waals surface area (Å²) >= 11 is 0. The van der Waals surface area contributed by atoms with Gasteiger partial charge in [-0.15, -0.1) is 0 Å². The number of nitrogens with zero attached hydrogens (tertiary/aromatic N) is 2. The first-order valence-electron chi connectivity index (χ1n) is 9.94. The molecule has 150 valence electrons. The number of nitrogens with one attached hydrogen (secondary N) is 1. The number of hydrogen-bond acceptors (Lipinski definition) is 3. The number of amides is 1. The third-order valence-corrected chi connectivity index (χ3v) is 4.91. The largest absolute Gasteiger partial charge is 0.457 e. The van der Waals surface area contributed by atoms with Gasteiger partial charge in [0.1, 0.15) is 17.1 Å². The van der Waals surface area contributed by atoms with E-state index >= 15 is 0 Å². The standard InChI is InChI=1S/C26H19N3O2/c30-26(19-13-15-21(16-14-19)31-20-8-2-1-3-9-20)28-23-11-5-4-10-22(23)24-18-29-17-7-6-12-25(29)27-24/h1-18H,(H,28,30). The maximum atomic E-state index is 12.9. The lowest BCUT2D eigenvalue weighted by Crippen LogP contribution is -2.12. The SMILES string of the molecule is O=C(Nc1ccccc1-c1cn2ccccc2n1)c1ccc(Oc2ccccc2)cc1. The van der Waals surface area contributed by atoms with Crippen LogP contribution in [0.15, 0.2) is 109 Å². The summed E-state index contributed by atoms with van der Waals surface area (Å²) < 4.78 is 7.75. The van der Waals surface area contributed by atoms with Gasteiger partial charge in [-0.2, -0.15) is 0 Å². The van der Waals surface area contributed by atoms with Crippen molar-refractivity contribution >= 4 is 17.2 Å². The Morgan fingerprint density at radius 2 is 1.48 bits per heavy atom. The average Bonchev–Trinajstić information content (AvgIpc) is 3.25. The fraction of sp³-hybridized carbons (Fsp3) is 0. The molecule has 0 bridgehead atoms. The monoisotopic (exact) mass is 405 g/mol. The third-order valence-electron chi connectivity index (χ3n) is 4.91. The van der Waals surface area contributed by atoms with Crippen LogP contribution in [0.25, 0.3) is 16.9 Å². The minimum atomic E-state index is -0.192. The molecule has 1 N–H and O–H groups in total. The van der Waals surface area contributed by atoms with E-state index in [1.807, 2.05) is 89.6 Å². The second kappa shape index (κ2) is 8.16. The lowest BCUT2D eigenvalue weighted by molar-refractivity contribution is 0.102. The van der Waals surface area contributed by atoms with Crippen molar-refractivity contribution in [3.63, 3.8) is 0 Å². The van der Waals surface area contributed by atoms with Gasteiger partial charge in [-0.3, -0.25) is 4.79 Å². The zero-order valence-corrected chi connectivity index (χ0v) is 16.6. The summed E-state index contributed by atoms with van der Waals surface area (Å²) in [7, 11) is 0. The molecule has 0 aliphatic rings. The summed E-state index contributed by atoms with van der Waals surface area (Å²) in [5, 5.41) is 3.01. The van der Waals surface area contributed by atoms with Crippen molar-refractivity contribution in [2.24, 2.45) is 0 Å². The van der Waals surface area contributed by atoms with E-state index < -0.39 is 0 Å². The third kappa shape index (κ3) is 4.02. The quantitative estimate of drug-likeness (QED) is 0.387. The predicted octanol–water partition coefficient (Wildman–Crippen LogP) is 6.05. The average molecular weight is 405 g/mol. The van der Waals surface area contributed by atoms with Gasteiger partial charge in [0, 0.05) is 23.5 Å². The minimum Gasteiger partial charge on any atom is -0.457 e.